The number of carbonyl (C=O) groups excluding carboxylic acids is 1. The second kappa shape index (κ2) is 4.73. The Bertz CT molecular complexity index is 471. The van der Waals surface area contributed by atoms with Gasteiger partial charge in [-0.1, -0.05) is 0 Å². The first-order valence-electron chi connectivity index (χ1n) is 5.16. The van der Waals surface area contributed by atoms with Gasteiger partial charge in [0.25, 0.3) is 0 Å². The van der Waals surface area contributed by atoms with E-state index < -0.39 is 6.03 Å². The monoisotopic (exact) mass is 235 g/mol. The van der Waals surface area contributed by atoms with Crippen LogP contribution in [0.5, 0.6) is 11.5 Å². The lowest BCUT2D eigenvalue weighted by molar-refractivity contribution is 0.171. The van der Waals surface area contributed by atoms with E-state index in [-0.39, 0.29) is 0 Å². The van der Waals surface area contributed by atoms with Crippen molar-refractivity contribution in [2.45, 2.75) is 6.92 Å². The molecule has 0 spiro atoms. The van der Waals surface area contributed by atoms with E-state index >= 15 is 0 Å². The molecule has 2 amide bonds. The van der Waals surface area contributed by atoms with Gasteiger partial charge in [0, 0.05) is 5.56 Å². The number of hydrazone groups is 1. The molecule has 0 bridgehead atoms. The fraction of sp³-hybridized carbons (Fsp3) is 0.273. The third-order valence-electron chi connectivity index (χ3n) is 2.29. The highest BCUT2D eigenvalue weighted by atomic mass is 16.6. The minimum Gasteiger partial charge on any atom is -0.486 e. The standard InChI is InChI=1S/C11H13N3O3/c1-7(13-14-11(12)15)8-2-3-9-10(6-8)17-5-4-16-9/h2-3,6H,4-5H2,1H3,(H3,12,14,15)/b13-7+. The average molecular weight is 235 g/mol. The summed E-state index contributed by atoms with van der Waals surface area (Å²) in [6.07, 6.45) is 0. The quantitative estimate of drug-likeness (QED) is 0.588. The number of nitrogens with one attached hydrogen (secondary N) is 1. The fourth-order valence-corrected chi connectivity index (χ4v) is 1.47. The van der Waals surface area contributed by atoms with Gasteiger partial charge in [-0.2, -0.15) is 5.10 Å². The second-order valence-electron chi connectivity index (χ2n) is 3.53. The lowest BCUT2D eigenvalue weighted by Crippen LogP contribution is -2.25. The van der Waals surface area contributed by atoms with Crippen molar-refractivity contribution in [1.82, 2.24) is 5.43 Å². The van der Waals surface area contributed by atoms with Crippen LogP contribution in [0.1, 0.15) is 12.5 Å². The summed E-state index contributed by atoms with van der Waals surface area (Å²) < 4.78 is 10.8. The molecular weight excluding hydrogens is 222 g/mol. The third-order valence-corrected chi connectivity index (χ3v) is 2.29. The van der Waals surface area contributed by atoms with Crippen molar-refractivity contribution in [2.24, 2.45) is 10.8 Å². The van der Waals surface area contributed by atoms with E-state index in [1.165, 1.54) is 0 Å². The minimum absolute atomic E-state index is 0.534. The summed E-state index contributed by atoms with van der Waals surface area (Å²) in [7, 11) is 0. The van der Waals surface area contributed by atoms with Gasteiger partial charge in [-0.25, -0.2) is 10.2 Å². The first-order valence-corrected chi connectivity index (χ1v) is 5.16. The molecule has 0 atom stereocenters. The van der Waals surface area contributed by atoms with Gasteiger partial charge >= 0.3 is 6.03 Å². The van der Waals surface area contributed by atoms with Crippen LogP contribution in [0.3, 0.4) is 0 Å². The molecule has 1 aromatic rings. The van der Waals surface area contributed by atoms with Crippen LogP contribution in [0, 0.1) is 0 Å². The van der Waals surface area contributed by atoms with Crippen LogP contribution in [0.15, 0.2) is 23.3 Å². The van der Waals surface area contributed by atoms with Crippen LogP contribution in [0.2, 0.25) is 0 Å². The number of nitrogens with zero attached hydrogens (tertiary/aromatic N) is 1. The SMILES string of the molecule is C/C(=N\NC(N)=O)c1ccc2c(c1)OCCO2. The van der Waals surface area contributed by atoms with Crippen molar-refractivity contribution < 1.29 is 14.3 Å². The number of primary amides is 1. The number of ether oxygens (including phenoxy) is 2. The van der Waals surface area contributed by atoms with Crippen LogP contribution in [0.25, 0.3) is 0 Å². The van der Waals surface area contributed by atoms with Crippen LogP contribution in [0.4, 0.5) is 4.79 Å². The molecule has 6 nitrogen and oxygen atoms in total. The summed E-state index contributed by atoms with van der Waals surface area (Å²) in [5.74, 6) is 1.40. The molecule has 3 N–H and O–H groups in total. The molecule has 1 heterocycles. The Morgan fingerprint density at radius 1 is 1.35 bits per heavy atom. The predicted octanol–water partition coefficient (Wildman–Crippen LogP) is 0.850. The first-order chi connectivity index (χ1) is 8.16. The molecule has 0 aliphatic carbocycles. The zero-order valence-electron chi connectivity index (χ0n) is 9.40. The molecule has 1 aliphatic rings. The normalized spacial score (nSPS) is 14.3. The van der Waals surface area contributed by atoms with Gasteiger partial charge in [0.15, 0.2) is 11.5 Å². The predicted molar refractivity (Wildman–Crippen MR) is 62.4 cm³/mol. The van der Waals surface area contributed by atoms with E-state index in [4.69, 9.17) is 15.2 Å². The van der Waals surface area contributed by atoms with E-state index in [1.54, 1.807) is 6.92 Å². The maximum atomic E-state index is 10.5. The second-order valence-corrected chi connectivity index (χ2v) is 3.53. The van der Waals surface area contributed by atoms with Gasteiger partial charge in [-0.15, -0.1) is 0 Å². The summed E-state index contributed by atoms with van der Waals surface area (Å²) >= 11 is 0. The van der Waals surface area contributed by atoms with Crippen LogP contribution < -0.4 is 20.6 Å². The molecule has 1 aliphatic heterocycles. The Hall–Kier alpha value is -2.24. The lowest BCUT2D eigenvalue weighted by Gasteiger charge is -2.18. The zero-order valence-corrected chi connectivity index (χ0v) is 9.40. The molecule has 6 heteroatoms. The van der Waals surface area contributed by atoms with Crippen molar-refractivity contribution in [3.8, 4) is 11.5 Å². The van der Waals surface area contributed by atoms with Crippen molar-refractivity contribution in [3.63, 3.8) is 0 Å². The van der Waals surface area contributed by atoms with Gasteiger partial charge in [0.2, 0.25) is 0 Å². The largest absolute Gasteiger partial charge is 0.486 e. The van der Waals surface area contributed by atoms with Gasteiger partial charge in [0.1, 0.15) is 13.2 Å². The molecule has 0 radical (unpaired) electrons. The van der Waals surface area contributed by atoms with Crippen LogP contribution >= 0.6 is 0 Å². The molecule has 17 heavy (non-hydrogen) atoms. The number of fused-ring (bicyclic) bond motifs is 1. The van der Waals surface area contributed by atoms with E-state index in [0.717, 1.165) is 11.3 Å². The highest BCUT2D eigenvalue weighted by Crippen LogP contribution is 2.30. The topological polar surface area (TPSA) is 85.9 Å². The fourth-order valence-electron chi connectivity index (χ4n) is 1.47. The van der Waals surface area contributed by atoms with Gasteiger partial charge in [-0.3, -0.25) is 0 Å². The molecule has 0 unspecified atom stereocenters. The Morgan fingerprint density at radius 3 is 2.76 bits per heavy atom. The molecule has 90 valence electrons. The van der Waals surface area contributed by atoms with E-state index in [9.17, 15) is 4.79 Å². The summed E-state index contributed by atoms with van der Waals surface area (Å²) in [4.78, 5) is 10.5. The Labute approximate surface area is 98.4 Å². The number of hydrogen-bond donors (Lipinski definition) is 2. The van der Waals surface area contributed by atoms with Crippen LogP contribution in [-0.2, 0) is 0 Å². The number of nitrogens with two attached hydrogens (primary N) is 1. The highest BCUT2D eigenvalue weighted by molar-refractivity contribution is 5.99. The molecule has 0 saturated carbocycles. The molecule has 2 rings (SSSR count). The smallest absolute Gasteiger partial charge is 0.332 e. The van der Waals surface area contributed by atoms with Gasteiger partial charge in [-0.05, 0) is 25.1 Å². The number of benzene rings is 1. The molecular formula is C11H13N3O3. The molecule has 0 aromatic heterocycles. The van der Waals surface area contributed by atoms with E-state index in [0.29, 0.717) is 24.7 Å². The number of carbonyl (C=O) groups is 1. The third kappa shape index (κ3) is 2.66. The highest BCUT2D eigenvalue weighted by Gasteiger charge is 2.12. The number of urea groups is 1. The number of amides is 2. The maximum absolute atomic E-state index is 10.5. The van der Waals surface area contributed by atoms with Crippen molar-refractivity contribution in [3.05, 3.63) is 23.8 Å². The lowest BCUT2D eigenvalue weighted by atomic mass is 10.1. The summed E-state index contributed by atoms with van der Waals surface area (Å²) in [6.45, 7) is 2.86. The Kier molecular flexibility index (Phi) is 3.13. The molecule has 0 saturated heterocycles. The maximum Gasteiger partial charge on any atom is 0.332 e. The van der Waals surface area contributed by atoms with Crippen molar-refractivity contribution in [2.75, 3.05) is 13.2 Å². The zero-order chi connectivity index (χ0) is 12.3. The Morgan fingerprint density at radius 2 is 2.06 bits per heavy atom. The van der Waals surface area contributed by atoms with Gasteiger partial charge in [0.05, 0.1) is 5.71 Å². The Balaban J connectivity index is 2.21. The van der Waals surface area contributed by atoms with Gasteiger partial charge < -0.3 is 15.2 Å². The summed E-state index contributed by atoms with van der Waals surface area (Å²) in [6, 6.07) is 4.78. The minimum atomic E-state index is -0.693. The van der Waals surface area contributed by atoms with Crippen LogP contribution in [-0.4, -0.2) is 25.0 Å². The average Bonchev–Trinajstić information content (AvgIpc) is 2.35. The summed E-state index contributed by atoms with van der Waals surface area (Å²) in [5.41, 5.74) is 8.58. The molecule has 0 fully saturated rings. The molecule has 1 aromatic carbocycles. The van der Waals surface area contributed by atoms with Crippen molar-refractivity contribution in [1.29, 1.82) is 0 Å². The van der Waals surface area contributed by atoms with E-state index in [1.807, 2.05) is 18.2 Å². The first kappa shape index (κ1) is 11.3. The number of hydrogen-bond acceptors (Lipinski definition) is 4. The van der Waals surface area contributed by atoms with E-state index in [2.05, 4.69) is 10.5 Å². The summed E-state index contributed by atoms with van der Waals surface area (Å²) in [5, 5.41) is 3.84. The number of rotatable bonds is 2. The van der Waals surface area contributed by atoms with Crippen molar-refractivity contribution >= 4 is 11.7 Å².